The molecule has 1 aliphatic heterocycles. The van der Waals surface area contributed by atoms with Crippen molar-refractivity contribution in [3.05, 3.63) is 94.7 Å². The summed E-state index contributed by atoms with van der Waals surface area (Å²) in [6.07, 6.45) is 40.9. The van der Waals surface area contributed by atoms with Crippen LogP contribution in [0.15, 0.2) is 94.7 Å². The molecule has 0 aromatic rings. The van der Waals surface area contributed by atoms with Gasteiger partial charge in [0.25, 0.3) is 0 Å². The maximum atomic E-state index is 6.10. The van der Waals surface area contributed by atoms with E-state index in [1.54, 1.807) is 27.9 Å². The van der Waals surface area contributed by atoms with E-state index < -0.39 is 0 Å². The fourth-order valence-corrected chi connectivity index (χ4v) is 13.2. The smallest absolute Gasteiger partial charge is 0.0616 e. The van der Waals surface area contributed by atoms with Gasteiger partial charge in [0.05, 0.1) is 6.10 Å². The van der Waals surface area contributed by atoms with Crippen LogP contribution in [0.2, 0.25) is 0 Å². The second-order valence-corrected chi connectivity index (χ2v) is 20.9. The lowest BCUT2D eigenvalue weighted by molar-refractivity contribution is 0.111. The average molecular weight is 671 g/mol. The van der Waals surface area contributed by atoms with Crippen LogP contribution in [0.4, 0.5) is 0 Å². The lowest BCUT2D eigenvalue weighted by Gasteiger charge is -2.50. The third kappa shape index (κ3) is 5.23. The van der Waals surface area contributed by atoms with Crippen molar-refractivity contribution < 1.29 is 4.74 Å². The van der Waals surface area contributed by atoms with Gasteiger partial charge >= 0.3 is 0 Å². The highest BCUT2D eigenvalue weighted by Gasteiger charge is 2.55. The van der Waals surface area contributed by atoms with Crippen molar-refractivity contribution in [2.45, 2.75) is 119 Å². The number of hydrogen-bond donors (Lipinski definition) is 0. The van der Waals surface area contributed by atoms with Crippen LogP contribution in [0, 0.1) is 80.8 Å². The summed E-state index contributed by atoms with van der Waals surface area (Å²) in [6.45, 7) is 21.4. The molecule has 12 unspecified atom stereocenters. The Balaban J connectivity index is 1.03. The Kier molecular flexibility index (Phi) is 7.88. The molecule has 1 nitrogen and oxygen atoms in total. The van der Waals surface area contributed by atoms with E-state index in [0.29, 0.717) is 70.7 Å². The van der Waals surface area contributed by atoms with Gasteiger partial charge in [-0.3, -0.25) is 0 Å². The Morgan fingerprint density at radius 3 is 1.80 bits per heavy atom. The lowest BCUT2D eigenvalue weighted by Crippen LogP contribution is -2.38. The van der Waals surface area contributed by atoms with E-state index in [0.717, 1.165) is 13.0 Å². The third-order valence-electron chi connectivity index (χ3n) is 16.6. The zero-order chi connectivity index (χ0) is 34.8. The Morgan fingerprint density at radius 1 is 0.600 bits per heavy atom. The first-order chi connectivity index (χ1) is 23.8. The molecule has 0 spiro atoms. The average Bonchev–Trinajstić information content (AvgIpc) is 3.79. The van der Waals surface area contributed by atoms with Crippen molar-refractivity contribution >= 4 is 0 Å². The van der Waals surface area contributed by atoms with E-state index in [9.17, 15) is 0 Å². The fraction of sp³-hybridized carbons (Fsp3) is 0.673. The van der Waals surface area contributed by atoms with Gasteiger partial charge in [-0.25, -0.2) is 0 Å². The minimum Gasteiger partial charge on any atom is -0.378 e. The molecule has 9 rings (SSSR count). The summed E-state index contributed by atoms with van der Waals surface area (Å²) < 4.78 is 6.10. The van der Waals surface area contributed by atoms with Gasteiger partial charge in [-0.15, -0.1) is 0 Å². The summed E-state index contributed by atoms with van der Waals surface area (Å²) in [4.78, 5) is 0. The van der Waals surface area contributed by atoms with Crippen LogP contribution in [0.3, 0.4) is 0 Å². The van der Waals surface area contributed by atoms with E-state index in [2.05, 4.69) is 122 Å². The van der Waals surface area contributed by atoms with Crippen molar-refractivity contribution in [1.29, 1.82) is 0 Å². The molecule has 0 aromatic heterocycles. The highest BCUT2D eigenvalue weighted by atomic mass is 16.5. The van der Waals surface area contributed by atoms with Crippen molar-refractivity contribution in [3.8, 4) is 0 Å². The minimum atomic E-state index is 0.249. The summed E-state index contributed by atoms with van der Waals surface area (Å²) >= 11 is 0. The zero-order valence-electron chi connectivity index (χ0n) is 32.7. The van der Waals surface area contributed by atoms with Crippen LogP contribution in [0.25, 0.3) is 0 Å². The van der Waals surface area contributed by atoms with Gasteiger partial charge in [0.15, 0.2) is 0 Å². The Labute approximate surface area is 305 Å². The van der Waals surface area contributed by atoms with Crippen LogP contribution >= 0.6 is 0 Å². The predicted molar refractivity (Wildman–Crippen MR) is 209 cm³/mol. The van der Waals surface area contributed by atoms with Gasteiger partial charge in [0, 0.05) is 6.61 Å². The van der Waals surface area contributed by atoms with E-state index in [-0.39, 0.29) is 16.2 Å². The van der Waals surface area contributed by atoms with Crippen molar-refractivity contribution in [2.75, 3.05) is 6.61 Å². The van der Waals surface area contributed by atoms with Crippen molar-refractivity contribution in [2.24, 2.45) is 80.8 Å². The molecule has 0 amide bonds. The quantitative estimate of drug-likeness (QED) is 0.283. The maximum absolute atomic E-state index is 6.10. The molecular formula is C49H66O. The highest BCUT2D eigenvalue weighted by Crippen LogP contribution is 2.65. The SMILES string of the molecule is CC1C2C=C3C(=CC2C2C=C4C(=CC12)C(C)(C)CCC4(C)CCC1C2C=CC=CC2C2C=CC(CC4CCCO4)=CC21)C(C)(C)CCC3(C)C. The van der Waals surface area contributed by atoms with E-state index >= 15 is 0 Å². The number of allylic oxidation sites excluding steroid dienone is 15. The molecule has 1 saturated heterocycles. The molecule has 12 atom stereocenters. The molecule has 50 heavy (non-hydrogen) atoms. The molecule has 4 saturated carbocycles. The zero-order valence-corrected chi connectivity index (χ0v) is 32.7. The van der Waals surface area contributed by atoms with E-state index in [4.69, 9.17) is 4.74 Å². The number of fused-ring (bicyclic) bond motifs is 8. The summed E-state index contributed by atoms with van der Waals surface area (Å²) in [5, 5.41) is 0. The Morgan fingerprint density at radius 2 is 1.16 bits per heavy atom. The summed E-state index contributed by atoms with van der Waals surface area (Å²) in [5.41, 5.74) is 9.48. The predicted octanol–water partition coefficient (Wildman–Crippen LogP) is 12.6. The summed E-state index contributed by atoms with van der Waals surface area (Å²) in [5.74, 6) is 6.60. The lowest BCUT2D eigenvalue weighted by atomic mass is 9.55. The molecule has 9 aliphatic rings. The number of ether oxygens (including phenoxy) is 1. The fourth-order valence-electron chi connectivity index (χ4n) is 13.2. The monoisotopic (exact) mass is 671 g/mol. The molecular weight excluding hydrogens is 605 g/mol. The molecule has 268 valence electrons. The van der Waals surface area contributed by atoms with Crippen LogP contribution in [0.1, 0.15) is 113 Å². The van der Waals surface area contributed by atoms with Gasteiger partial charge in [-0.2, -0.15) is 0 Å². The second kappa shape index (κ2) is 11.7. The molecule has 0 aromatic carbocycles. The first-order valence-corrected chi connectivity index (χ1v) is 21.0. The van der Waals surface area contributed by atoms with Crippen LogP contribution < -0.4 is 0 Å². The third-order valence-corrected chi connectivity index (χ3v) is 16.6. The van der Waals surface area contributed by atoms with Gasteiger partial charge < -0.3 is 4.74 Å². The normalized spacial score (nSPS) is 45.5. The molecule has 1 heteroatoms. The first-order valence-electron chi connectivity index (χ1n) is 21.0. The van der Waals surface area contributed by atoms with Crippen molar-refractivity contribution in [1.82, 2.24) is 0 Å². The summed E-state index contributed by atoms with van der Waals surface area (Å²) in [7, 11) is 0. The standard InChI is InChI=1S/C49H66O/c1-30-37-26-42-43(47(4,5)20-19-46(42,2)3)28-40(37)41-29-45-44(27-38(30)41)48(6,7)21-22-49(45,8)18-17-36-34-14-10-9-13-33(34)35-16-15-31(25-39(35)36)24-32-12-11-23-50-32/h9-10,13-16,25-30,32-41H,11-12,17-24H2,1-8H3. The van der Waals surface area contributed by atoms with Crippen LogP contribution in [-0.4, -0.2) is 12.7 Å². The van der Waals surface area contributed by atoms with E-state index in [1.165, 1.54) is 51.4 Å². The number of hydrogen-bond acceptors (Lipinski definition) is 1. The Bertz CT molecular complexity index is 1650. The van der Waals surface area contributed by atoms with Crippen LogP contribution in [-0.2, 0) is 4.74 Å². The molecule has 5 fully saturated rings. The summed E-state index contributed by atoms with van der Waals surface area (Å²) in [6, 6.07) is 0. The molecule has 8 aliphatic carbocycles. The van der Waals surface area contributed by atoms with Crippen molar-refractivity contribution in [3.63, 3.8) is 0 Å². The molecule has 0 bridgehead atoms. The van der Waals surface area contributed by atoms with Gasteiger partial charge in [-0.1, -0.05) is 122 Å². The first kappa shape index (κ1) is 33.7. The highest BCUT2D eigenvalue weighted by molar-refractivity contribution is 5.51. The van der Waals surface area contributed by atoms with Crippen LogP contribution in [0.5, 0.6) is 0 Å². The van der Waals surface area contributed by atoms with Gasteiger partial charge in [-0.05, 0) is 166 Å². The topological polar surface area (TPSA) is 9.23 Å². The second-order valence-electron chi connectivity index (χ2n) is 20.9. The van der Waals surface area contributed by atoms with E-state index in [1.807, 2.05) is 0 Å². The largest absolute Gasteiger partial charge is 0.378 e. The molecule has 1 heterocycles. The maximum Gasteiger partial charge on any atom is 0.0616 e. The van der Waals surface area contributed by atoms with Gasteiger partial charge in [0.2, 0.25) is 0 Å². The molecule has 0 N–H and O–H groups in total. The number of rotatable bonds is 5. The molecule has 0 radical (unpaired) electrons. The Hall–Kier alpha value is -2.12. The minimum absolute atomic E-state index is 0.249. The van der Waals surface area contributed by atoms with Gasteiger partial charge in [0.1, 0.15) is 0 Å².